The van der Waals surface area contributed by atoms with Crippen LogP contribution in [0.25, 0.3) is 11.3 Å². The van der Waals surface area contributed by atoms with Crippen LogP contribution in [0.3, 0.4) is 0 Å². The summed E-state index contributed by atoms with van der Waals surface area (Å²) >= 11 is 0. The fraction of sp³-hybridized carbons (Fsp3) is 0.438. The smallest absolute Gasteiger partial charge is 0.153 e. The Labute approximate surface area is 129 Å². The van der Waals surface area contributed by atoms with Gasteiger partial charge in [-0.15, -0.1) is 0 Å². The number of carbonyl (C=O) groups is 1. The molecule has 22 heavy (non-hydrogen) atoms. The lowest BCUT2D eigenvalue weighted by molar-refractivity contribution is -0.00549. The largest absolute Gasteiger partial charge is 0.372 e. The highest BCUT2D eigenvalue weighted by Crippen LogP contribution is 2.26. The van der Waals surface area contributed by atoms with Gasteiger partial charge in [-0.1, -0.05) is 0 Å². The summed E-state index contributed by atoms with van der Waals surface area (Å²) in [5.74, 6) is 0.725. The third-order valence-electron chi connectivity index (χ3n) is 3.85. The minimum absolute atomic E-state index is 0.127. The van der Waals surface area contributed by atoms with E-state index in [1.165, 1.54) is 0 Å². The highest BCUT2D eigenvalue weighted by Gasteiger charge is 2.25. The van der Waals surface area contributed by atoms with Crippen LogP contribution in [0.2, 0.25) is 0 Å². The van der Waals surface area contributed by atoms with Crippen LogP contribution < -0.4 is 4.90 Å². The van der Waals surface area contributed by atoms with Crippen LogP contribution in [-0.4, -0.2) is 46.1 Å². The van der Waals surface area contributed by atoms with E-state index in [1.54, 1.807) is 18.7 Å². The molecule has 6 heteroatoms. The number of aldehydes is 1. The Bertz CT molecular complexity index is 673. The lowest BCUT2D eigenvalue weighted by Gasteiger charge is -2.36. The number of nitrogens with zero attached hydrogens (tertiary/aromatic N) is 4. The molecule has 1 aliphatic heterocycles. The molecule has 0 unspecified atom stereocenters. The van der Waals surface area contributed by atoms with Crippen LogP contribution in [0.5, 0.6) is 0 Å². The first-order chi connectivity index (χ1) is 10.6. The third kappa shape index (κ3) is 2.74. The quantitative estimate of drug-likeness (QED) is 0.810. The Morgan fingerprint density at radius 1 is 1.27 bits per heavy atom. The fourth-order valence-electron chi connectivity index (χ4n) is 2.95. The lowest BCUT2D eigenvalue weighted by atomic mass is 10.1. The van der Waals surface area contributed by atoms with Crippen molar-refractivity contribution >= 4 is 12.1 Å². The number of anilines is 1. The van der Waals surface area contributed by atoms with Crippen molar-refractivity contribution in [3.05, 3.63) is 30.4 Å². The summed E-state index contributed by atoms with van der Waals surface area (Å²) in [6.07, 6.45) is 6.42. The molecule has 2 aromatic heterocycles. The molecular weight excluding hydrogens is 280 g/mol. The molecule has 0 radical (unpaired) electrons. The zero-order valence-electron chi connectivity index (χ0n) is 13.1. The molecule has 1 saturated heterocycles. The van der Waals surface area contributed by atoms with Gasteiger partial charge in [0.05, 0.1) is 36.0 Å². The molecular formula is C16H20N4O2. The first kappa shape index (κ1) is 14.7. The molecule has 116 valence electrons. The molecule has 1 aliphatic rings. The monoisotopic (exact) mass is 300 g/mol. The van der Waals surface area contributed by atoms with Crippen LogP contribution in [-0.2, 0) is 11.8 Å². The number of imidazole rings is 1. The van der Waals surface area contributed by atoms with Crippen LogP contribution in [0.1, 0.15) is 24.2 Å². The van der Waals surface area contributed by atoms with Gasteiger partial charge in [0.2, 0.25) is 0 Å². The first-order valence-corrected chi connectivity index (χ1v) is 7.40. The summed E-state index contributed by atoms with van der Waals surface area (Å²) in [4.78, 5) is 22.3. The summed E-state index contributed by atoms with van der Waals surface area (Å²) in [7, 11) is 1.92. The number of ether oxygens (including phenoxy) is 1. The van der Waals surface area contributed by atoms with Crippen LogP contribution >= 0.6 is 0 Å². The molecule has 2 aromatic rings. The second-order valence-corrected chi connectivity index (χ2v) is 5.81. The predicted molar refractivity (Wildman–Crippen MR) is 84.0 cm³/mol. The van der Waals surface area contributed by atoms with E-state index in [2.05, 4.69) is 14.9 Å². The van der Waals surface area contributed by atoms with Gasteiger partial charge in [0.15, 0.2) is 6.29 Å². The minimum atomic E-state index is 0.127. The van der Waals surface area contributed by atoms with Gasteiger partial charge in [-0.3, -0.25) is 4.79 Å². The van der Waals surface area contributed by atoms with Crippen molar-refractivity contribution in [2.24, 2.45) is 7.05 Å². The molecule has 1 fully saturated rings. The average Bonchev–Trinajstić information content (AvgIpc) is 2.91. The van der Waals surface area contributed by atoms with E-state index in [9.17, 15) is 4.79 Å². The molecule has 0 amide bonds. The zero-order valence-corrected chi connectivity index (χ0v) is 13.1. The van der Waals surface area contributed by atoms with E-state index in [0.717, 1.165) is 36.5 Å². The summed E-state index contributed by atoms with van der Waals surface area (Å²) in [6, 6.07) is 1.87. The maximum atomic E-state index is 11.5. The standard InChI is InChI=1S/C16H20N4O2/c1-11-7-20(8-12(2)22-11)16-14(9-21)4-13(5-18-16)15-6-17-10-19(15)3/h4-6,9-12H,7-8H2,1-3H3/t11-,12+. The van der Waals surface area contributed by atoms with E-state index in [0.29, 0.717) is 5.56 Å². The normalized spacial score (nSPS) is 21.9. The van der Waals surface area contributed by atoms with Crippen molar-refractivity contribution in [3.8, 4) is 11.3 Å². The van der Waals surface area contributed by atoms with Crippen molar-refractivity contribution in [1.29, 1.82) is 0 Å². The van der Waals surface area contributed by atoms with Gasteiger partial charge in [-0.2, -0.15) is 0 Å². The van der Waals surface area contributed by atoms with Gasteiger partial charge in [-0.05, 0) is 19.9 Å². The van der Waals surface area contributed by atoms with Gasteiger partial charge < -0.3 is 14.2 Å². The van der Waals surface area contributed by atoms with E-state index >= 15 is 0 Å². The topological polar surface area (TPSA) is 60.2 Å². The van der Waals surface area contributed by atoms with Gasteiger partial charge in [0.25, 0.3) is 0 Å². The Balaban J connectivity index is 1.96. The van der Waals surface area contributed by atoms with Crippen LogP contribution in [0.4, 0.5) is 5.82 Å². The summed E-state index contributed by atoms with van der Waals surface area (Å²) in [6.45, 7) is 5.55. The number of aryl methyl sites for hydroxylation is 1. The van der Waals surface area contributed by atoms with Crippen LogP contribution in [0, 0.1) is 0 Å². The van der Waals surface area contributed by atoms with Crippen molar-refractivity contribution in [1.82, 2.24) is 14.5 Å². The molecule has 3 heterocycles. The molecule has 6 nitrogen and oxygen atoms in total. The summed E-state index contributed by atoms with van der Waals surface area (Å²) in [5, 5.41) is 0. The lowest BCUT2D eigenvalue weighted by Crippen LogP contribution is -2.46. The molecule has 2 atom stereocenters. The minimum Gasteiger partial charge on any atom is -0.372 e. The zero-order chi connectivity index (χ0) is 15.7. The average molecular weight is 300 g/mol. The maximum absolute atomic E-state index is 11.5. The second-order valence-electron chi connectivity index (χ2n) is 5.81. The highest BCUT2D eigenvalue weighted by atomic mass is 16.5. The number of rotatable bonds is 3. The van der Waals surface area contributed by atoms with Crippen LogP contribution in [0.15, 0.2) is 24.8 Å². The maximum Gasteiger partial charge on any atom is 0.153 e. The van der Waals surface area contributed by atoms with E-state index in [1.807, 2.05) is 31.5 Å². The van der Waals surface area contributed by atoms with E-state index in [-0.39, 0.29) is 12.2 Å². The van der Waals surface area contributed by atoms with Crippen molar-refractivity contribution in [2.45, 2.75) is 26.1 Å². The van der Waals surface area contributed by atoms with Gasteiger partial charge >= 0.3 is 0 Å². The van der Waals surface area contributed by atoms with Crippen molar-refractivity contribution < 1.29 is 9.53 Å². The van der Waals surface area contributed by atoms with E-state index in [4.69, 9.17) is 4.74 Å². The third-order valence-corrected chi connectivity index (χ3v) is 3.85. The summed E-state index contributed by atoms with van der Waals surface area (Å²) in [5.41, 5.74) is 2.42. The van der Waals surface area contributed by atoms with Gasteiger partial charge in [0.1, 0.15) is 5.82 Å². The van der Waals surface area contributed by atoms with Gasteiger partial charge in [0, 0.05) is 31.9 Å². The number of hydrogen-bond donors (Lipinski definition) is 0. The van der Waals surface area contributed by atoms with Crippen molar-refractivity contribution in [2.75, 3.05) is 18.0 Å². The Hall–Kier alpha value is -2.21. The number of aromatic nitrogens is 3. The number of carbonyl (C=O) groups excluding carboxylic acids is 1. The fourth-order valence-corrected chi connectivity index (χ4v) is 2.95. The highest BCUT2D eigenvalue weighted by molar-refractivity contribution is 5.85. The molecule has 0 bridgehead atoms. The SMILES string of the molecule is C[C@@H]1CN(c2ncc(-c3cncn3C)cc2C=O)C[C@H](C)O1. The Kier molecular flexibility index (Phi) is 3.94. The molecule has 0 aromatic carbocycles. The summed E-state index contributed by atoms with van der Waals surface area (Å²) < 4.78 is 7.65. The molecule has 0 aliphatic carbocycles. The Morgan fingerprint density at radius 2 is 2.00 bits per heavy atom. The molecule has 0 N–H and O–H groups in total. The second kappa shape index (κ2) is 5.88. The number of morpholine rings is 1. The Morgan fingerprint density at radius 3 is 2.59 bits per heavy atom. The molecule has 3 rings (SSSR count). The number of hydrogen-bond acceptors (Lipinski definition) is 5. The molecule has 0 saturated carbocycles. The first-order valence-electron chi connectivity index (χ1n) is 7.40. The van der Waals surface area contributed by atoms with E-state index < -0.39 is 0 Å². The van der Waals surface area contributed by atoms with Crippen molar-refractivity contribution in [3.63, 3.8) is 0 Å². The van der Waals surface area contributed by atoms with Gasteiger partial charge in [-0.25, -0.2) is 9.97 Å². The number of pyridine rings is 1. The molecule has 0 spiro atoms. The predicted octanol–water partition coefficient (Wildman–Crippen LogP) is 1.91.